The predicted octanol–water partition coefficient (Wildman–Crippen LogP) is 5.29. The van der Waals surface area contributed by atoms with Gasteiger partial charge in [-0.25, -0.2) is 28.8 Å². The molecule has 1 N–H and O–H groups in total. The first-order chi connectivity index (χ1) is 19.5. The van der Waals surface area contributed by atoms with E-state index in [0.29, 0.717) is 34.2 Å². The van der Waals surface area contributed by atoms with E-state index in [1.54, 1.807) is 28.9 Å². The Morgan fingerprint density at radius 3 is 2.90 bits per heavy atom. The van der Waals surface area contributed by atoms with Crippen molar-refractivity contribution in [1.29, 1.82) is 0 Å². The van der Waals surface area contributed by atoms with Crippen LogP contribution in [0.5, 0.6) is 11.5 Å². The van der Waals surface area contributed by atoms with Gasteiger partial charge in [0, 0.05) is 36.5 Å². The second-order valence-electron chi connectivity index (χ2n) is 9.92. The fraction of sp³-hybridized carbons (Fsp3) is 0.214. The normalized spacial score (nSPS) is 19.9. The summed E-state index contributed by atoms with van der Waals surface area (Å²) in [6.45, 7) is 4.40. The van der Waals surface area contributed by atoms with Gasteiger partial charge < -0.3 is 15.0 Å². The first-order valence-electron chi connectivity index (χ1n) is 12.8. The quantitative estimate of drug-likeness (QED) is 0.281. The summed E-state index contributed by atoms with van der Waals surface area (Å²) in [7, 11) is 0. The number of ether oxygens (including phenoxy) is 1. The molecule has 2 aliphatic rings. The number of likely N-dealkylation sites (tertiary alicyclic amines) is 1. The molecule has 1 aromatic carbocycles. The molecule has 0 unspecified atom stereocenters. The molecule has 0 spiro atoms. The van der Waals surface area contributed by atoms with E-state index >= 15 is 4.39 Å². The lowest BCUT2D eigenvalue weighted by Crippen LogP contribution is -2.40. The van der Waals surface area contributed by atoms with E-state index in [4.69, 9.17) is 21.3 Å². The Morgan fingerprint density at radius 1 is 1.15 bits per heavy atom. The number of fused-ring (bicyclic) bond motifs is 4. The van der Waals surface area contributed by atoms with Crippen LogP contribution >= 0.6 is 11.6 Å². The van der Waals surface area contributed by atoms with Crippen molar-refractivity contribution in [2.75, 3.05) is 11.9 Å². The molecule has 10 nitrogen and oxygen atoms in total. The van der Waals surface area contributed by atoms with Crippen LogP contribution < -0.4 is 10.1 Å². The maximum absolute atomic E-state index is 15.4. The Bertz CT molecular complexity index is 1810. The first kappa shape index (κ1) is 24.4. The number of anilines is 2. The number of pyridine rings is 2. The first-order valence-corrected chi connectivity index (χ1v) is 13.1. The molecule has 0 radical (unpaired) electrons. The lowest BCUT2D eigenvalue weighted by Gasteiger charge is -2.32. The summed E-state index contributed by atoms with van der Waals surface area (Å²) in [4.78, 5) is 32.0. The fourth-order valence-electron chi connectivity index (χ4n) is 5.79. The van der Waals surface area contributed by atoms with Crippen LogP contribution in [0.15, 0.2) is 67.9 Å². The summed E-state index contributed by atoms with van der Waals surface area (Å²) in [5.41, 5.74) is 2.66. The van der Waals surface area contributed by atoms with E-state index in [9.17, 15) is 4.79 Å². The van der Waals surface area contributed by atoms with Crippen molar-refractivity contribution in [3.8, 4) is 11.5 Å². The van der Waals surface area contributed by atoms with E-state index in [1.165, 1.54) is 24.8 Å². The third-order valence-electron chi connectivity index (χ3n) is 7.60. The Morgan fingerprint density at radius 2 is 2.05 bits per heavy atom. The molecule has 1 aliphatic carbocycles. The number of carbonyl (C=O) groups excluding carboxylic acids is 1. The van der Waals surface area contributed by atoms with Gasteiger partial charge in [-0.1, -0.05) is 18.2 Å². The Hall–Kier alpha value is -4.64. The van der Waals surface area contributed by atoms with Gasteiger partial charge in [-0.05, 0) is 55.2 Å². The molecule has 1 amide bonds. The highest BCUT2D eigenvalue weighted by Gasteiger charge is 2.47. The summed E-state index contributed by atoms with van der Waals surface area (Å²) in [6.07, 6.45) is 7.78. The van der Waals surface area contributed by atoms with Crippen LogP contribution in [0.25, 0.3) is 16.7 Å². The number of hydrogen-bond donors (Lipinski definition) is 1. The number of rotatable bonds is 6. The smallest absolute Gasteiger partial charge is 0.246 e. The number of amides is 1. The minimum absolute atomic E-state index is 0.0532. The minimum atomic E-state index is -0.697. The zero-order valence-corrected chi connectivity index (χ0v) is 21.8. The SMILES string of the molecule is C=CC(=O)N1C[C@H]2C[C@H](c3ccc4ncnc(Nc5ccc(Oc6ccn7ncnc7c6)c(Cl)c5F)c4n3)[C@@H]1C2. The van der Waals surface area contributed by atoms with Crippen LogP contribution in [0.4, 0.5) is 15.9 Å². The Kier molecular flexibility index (Phi) is 5.81. The largest absolute Gasteiger partial charge is 0.455 e. The Labute approximate surface area is 232 Å². The predicted molar refractivity (Wildman–Crippen MR) is 146 cm³/mol. The highest BCUT2D eigenvalue weighted by molar-refractivity contribution is 6.32. The van der Waals surface area contributed by atoms with Gasteiger partial charge in [-0.3, -0.25) is 4.79 Å². The van der Waals surface area contributed by atoms with Crippen LogP contribution in [0.1, 0.15) is 24.5 Å². The van der Waals surface area contributed by atoms with Gasteiger partial charge in [0.05, 0.1) is 11.2 Å². The van der Waals surface area contributed by atoms with Gasteiger partial charge >= 0.3 is 0 Å². The van der Waals surface area contributed by atoms with Crippen molar-refractivity contribution < 1.29 is 13.9 Å². The summed E-state index contributed by atoms with van der Waals surface area (Å²) in [5.74, 6) is 0.720. The highest BCUT2D eigenvalue weighted by Crippen LogP contribution is 2.47. The Balaban J connectivity index is 1.17. The molecule has 4 aromatic heterocycles. The monoisotopic (exact) mass is 556 g/mol. The van der Waals surface area contributed by atoms with Crippen molar-refractivity contribution in [1.82, 2.24) is 34.4 Å². The van der Waals surface area contributed by atoms with Gasteiger partial charge in [-0.2, -0.15) is 5.10 Å². The van der Waals surface area contributed by atoms with Crippen molar-refractivity contribution >= 4 is 45.7 Å². The number of aromatic nitrogens is 6. The van der Waals surface area contributed by atoms with E-state index in [-0.39, 0.29) is 34.3 Å². The number of halogens is 2. The molecular formula is C28H22ClFN8O2. The molecule has 2 bridgehead atoms. The summed E-state index contributed by atoms with van der Waals surface area (Å²) < 4.78 is 22.8. The number of carbonyl (C=O) groups is 1. The van der Waals surface area contributed by atoms with Crippen molar-refractivity contribution in [3.05, 3.63) is 84.4 Å². The number of nitrogens with zero attached hydrogens (tertiary/aromatic N) is 7. The summed E-state index contributed by atoms with van der Waals surface area (Å²) in [6, 6.07) is 10.4. The molecular weight excluding hydrogens is 535 g/mol. The van der Waals surface area contributed by atoms with E-state index < -0.39 is 5.82 Å². The summed E-state index contributed by atoms with van der Waals surface area (Å²) in [5, 5.41) is 6.88. The van der Waals surface area contributed by atoms with E-state index in [1.807, 2.05) is 17.0 Å². The average Bonchev–Trinajstić information content (AvgIpc) is 3.72. The van der Waals surface area contributed by atoms with Gasteiger partial charge in [0.1, 0.15) is 34.7 Å². The zero-order chi connectivity index (χ0) is 27.4. The minimum Gasteiger partial charge on any atom is -0.455 e. The van der Waals surface area contributed by atoms with E-state index in [2.05, 4.69) is 31.9 Å². The number of nitrogens with one attached hydrogen (secondary N) is 1. The van der Waals surface area contributed by atoms with Crippen LogP contribution in [-0.4, -0.2) is 52.9 Å². The number of benzene rings is 1. The van der Waals surface area contributed by atoms with Crippen LogP contribution in [0, 0.1) is 11.7 Å². The van der Waals surface area contributed by atoms with E-state index in [0.717, 1.165) is 25.1 Å². The van der Waals surface area contributed by atoms with Crippen molar-refractivity contribution in [3.63, 3.8) is 0 Å². The topological polar surface area (TPSA) is 110 Å². The maximum Gasteiger partial charge on any atom is 0.246 e. The lowest BCUT2D eigenvalue weighted by atomic mass is 9.94. The number of piperidine rings is 1. The second kappa shape index (κ2) is 9.53. The highest BCUT2D eigenvalue weighted by atomic mass is 35.5. The van der Waals surface area contributed by atoms with Gasteiger partial charge in [0.25, 0.3) is 0 Å². The van der Waals surface area contributed by atoms with Crippen molar-refractivity contribution in [2.24, 2.45) is 5.92 Å². The van der Waals surface area contributed by atoms with Crippen LogP contribution in [-0.2, 0) is 4.79 Å². The third kappa shape index (κ3) is 4.10. The molecule has 7 rings (SSSR count). The molecule has 1 aliphatic heterocycles. The molecule has 12 heteroatoms. The second-order valence-corrected chi connectivity index (χ2v) is 10.3. The van der Waals surface area contributed by atoms with Gasteiger partial charge in [0.2, 0.25) is 5.91 Å². The van der Waals surface area contributed by atoms with Crippen LogP contribution in [0.3, 0.4) is 0 Å². The van der Waals surface area contributed by atoms with Gasteiger partial charge in [-0.15, -0.1) is 0 Å². The van der Waals surface area contributed by atoms with Gasteiger partial charge in [0.15, 0.2) is 17.3 Å². The van der Waals surface area contributed by atoms with Crippen molar-refractivity contribution in [2.45, 2.75) is 24.8 Å². The number of hydrogen-bond acceptors (Lipinski definition) is 8. The maximum atomic E-state index is 15.4. The standard InChI is InChI=1S/C28H22ClFN8O2/c1-2-24(39)37-12-15-9-17(21(37)10-15)18-3-4-20-27(35-18)28(33-13-31-20)36-19-5-6-22(25(29)26(19)30)40-16-7-8-38-23(11-16)32-14-34-38/h2-8,11,13-15,17,21H,1,9-10,12H2,(H,31,33,36)/t15-,17+,21-/m0/s1. The molecule has 5 aromatic rings. The average molecular weight is 557 g/mol. The molecule has 5 heterocycles. The molecule has 1 saturated carbocycles. The zero-order valence-electron chi connectivity index (χ0n) is 21.0. The molecule has 2 fully saturated rings. The molecule has 3 atom stereocenters. The molecule has 200 valence electrons. The molecule has 40 heavy (non-hydrogen) atoms. The third-order valence-corrected chi connectivity index (χ3v) is 7.95. The summed E-state index contributed by atoms with van der Waals surface area (Å²) >= 11 is 6.37. The fourth-order valence-corrected chi connectivity index (χ4v) is 5.99. The lowest BCUT2D eigenvalue weighted by molar-refractivity contribution is -0.127. The van der Waals surface area contributed by atoms with Crippen LogP contribution in [0.2, 0.25) is 5.02 Å². The molecule has 1 saturated heterocycles.